The van der Waals surface area contributed by atoms with Crippen molar-refractivity contribution >= 4 is 46.4 Å². The number of benzene rings is 2. The zero-order valence-electron chi connectivity index (χ0n) is 17.7. The lowest BCUT2D eigenvalue weighted by Crippen LogP contribution is -2.44. The first-order valence-electron chi connectivity index (χ1n) is 10.1. The van der Waals surface area contributed by atoms with Crippen LogP contribution < -0.4 is 0 Å². The van der Waals surface area contributed by atoms with Crippen molar-refractivity contribution in [1.29, 1.82) is 0 Å². The number of Topliss-reactive ketones (excluding diaryl/α,β-unsaturated/α-hetero) is 4. The third-order valence-electron chi connectivity index (χ3n) is 5.72. The van der Waals surface area contributed by atoms with E-state index in [4.69, 9.17) is 9.47 Å². The molecule has 2 fully saturated rings. The number of ketones is 4. The van der Waals surface area contributed by atoms with Crippen molar-refractivity contribution in [2.75, 3.05) is 0 Å². The van der Waals surface area contributed by atoms with Gasteiger partial charge in [-0.15, -0.1) is 0 Å². The van der Waals surface area contributed by atoms with Crippen molar-refractivity contribution in [2.45, 2.75) is 12.2 Å². The highest BCUT2D eigenvalue weighted by Crippen LogP contribution is 2.35. The minimum absolute atomic E-state index is 0.212. The number of ether oxygens (including phenoxy) is 2. The number of hydrogen-bond acceptors (Lipinski definition) is 12. The molecule has 2 aliphatic rings. The number of esters is 2. The maximum Gasteiger partial charge on any atom is 0.376 e. The van der Waals surface area contributed by atoms with Gasteiger partial charge in [-0.25, -0.2) is 9.59 Å². The van der Waals surface area contributed by atoms with Gasteiger partial charge in [0, 0.05) is 35.4 Å². The Bertz CT molecular complexity index is 1260. The number of nitro groups is 2. The third kappa shape index (κ3) is 4.00. The normalized spacial score (nSPS) is 23.2. The predicted octanol–water partition coefficient (Wildman–Crippen LogP) is 0.790. The Labute approximate surface area is 199 Å². The van der Waals surface area contributed by atoms with Crippen LogP contribution in [-0.4, -0.2) is 57.1 Å². The van der Waals surface area contributed by atoms with Crippen LogP contribution in [0.2, 0.25) is 0 Å². The minimum atomic E-state index is -1.91. The number of non-ortho nitro benzene ring substituents is 2. The molecule has 4 rings (SSSR count). The Kier molecular flexibility index (Phi) is 5.93. The fourth-order valence-corrected chi connectivity index (χ4v) is 3.96. The van der Waals surface area contributed by atoms with Gasteiger partial charge < -0.3 is 9.47 Å². The first-order valence-corrected chi connectivity index (χ1v) is 10.1. The van der Waals surface area contributed by atoms with Crippen molar-refractivity contribution in [2.24, 2.45) is 11.8 Å². The van der Waals surface area contributed by atoms with Gasteiger partial charge in [-0.2, -0.15) is 0 Å². The molecule has 2 heterocycles. The molecule has 0 spiro atoms. The average molecular weight is 496 g/mol. The highest BCUT2D eigenvalue weighted by molar-refractivity contribution is 6.43. The van der Waals surface area contributed by atoms with Crippen molar-refractivity contribution in [3.8, 4) is 0 Å². The second-order valence-electron chi connectivity index (χ2n) is 7.76. The number of hydrogen-bond donors (Lipinski definition) is 0. The molecule has 14 heteroatoms. The van der Waals surface area contributed by atoms with Gasteiger partial charge in [-0.1, -0.05) is 0 Å². The molecule has 0 unspecified atom stereocenters. The van der Waals surface area contributed by atoms with Crippen LogP contribution in [0.25, 0.3) is 0 Å². The standard InChI is InChI=1S/C22H12N2O12/c25-15(9-1-5-11(6-2-9)23(31)32)13-17(27)21(29)35-19(13)20-14(18(28)22(30)36-20)16(26)10-3-7-12(8-4-10)24(33)34/h1-8,13-14,19-20H/t13-,14-,19-,20+/m1/s1. The summed E-state index contributed by atoms with van der Waals surface area (Å²) in [5.74, 6) is -11.4. The van der Waals surface area contributed by atoms with Crippen LogP contribution in [0, 0.1) is 32.1 Å². The van der Waals surface area contributed by atoms with Crippen LogP contribution in [0.5, 0.6) is 0 Å². The number of carbonyl (C=O) groups excluding carboxylic acids is 6. The van der Waals surface area contributed by atoms with E-state index < -0.39 is 69.0 Å². The van der Waals surface area contributed by atoms with Gasteiger partial charge in [-0.3, -0.25) is 39.4 Å². The monoisotopic (exact) mass is 496 g/mol. The number of rotatable bonds is 7. The largest absolute Gasteiger partial charge is 0.451 e. The number of cyclic esters (lactones) is 2. The number of nitrogens with zero attached hydrogens (tertiary/aromatic N) is 2. The summed E-state index contributed by atoms with van der Waals surface area (Å²) in [6.45, 7) is 0. The average Bonchev–Trinajstić information content (AvgIpc) is 3.32. The van der Waals surface area contributed by atoms with Crippen LogP contribution in [0.1, 0.15) is 20.7 Å². The van der Waals surface area contributed by atoms with Gasteiger partial charge in [0.05, 0.1) is 9.85 Å². The van der Waals surface area contributed by atoms with Crippen LogP contribution in [0.4, 0.5) is 11.4 Å². The Hall–Kier alpha value is -5.14. The number of nitro benzene ring substituents is 2. The molecule has 0 aliphatic carbocycles. The van der Waals surface area contributed by atoms with Gasteiger partial charge in [0.15, 0.2) is 23.8 Å². The Balaban J connectivity index is 1.68. The van der Waals surface area contributed by atoms with Crippen molar-refractivity contribution in [3.05, 3.63) is 79.9 Å². The summed E-state index contributed by atoms with van der Waals surface area (Å²) in [5.41, 5.74) is -1.12. The molecule has 2 aliphatic heterocycles. The van der Waals surface area contributed by atoms with Gasteiger partial charge >= 0.3 is 11.9 Å². The van der Waals surface area contributed by atoms with Crippen LogP contribution in [0.15, 0.2) is 48.5 Å². The van der Waals surface area contributed by atoms with Gasteiger partial charge in [0.2, 0.25) is 0 Å². The smallest absolute Gasteiger partial charge is 0.376 e. The van der Waals surface area contributed by atoms with E-state index in [2.05, 4.69) is 0 Å². The van der Waals surface area contributed by atoms with Crippen molar-refractivity contribution in [3.63, 3.8) is 0 Å². The second-order valence-corrected chi connectivity index (χ2v) is 7.76. The first-order chi connectivity index (χ1) is 17.0. The van der Waals surface area contributed by atoms with E-state index in [0.29, 0.717) is 0 Å². The molecule has 0 N–H and O–H groups in total. The SMILES string of the molecule is O=C1O[C@@H]([C@H]2OC(=O)C(=O)[C@H]2C(=O)c2ccc([N+](=O)[O-])cc2)[C@H](C(=O)c2ccc([N+](=O)[O-])cc2)C1=O. The van der Waals surface area contributed by atoms with Gasteiger partial charge in [0.25, 0.3) is 22.9 Å². The highest BCUT2D eigenvalue weighted by atomic mass is 16.6. The van der Waals surface area contributed by atoms with E-state index in [9.17, 15) is 49.0 Å². The maximum atomic E-state index is 13.1. The fourth-order valence-electron chi connectivity index (χ4n) is 3.96. The molecule has 2 aromatic rings. The van der Waals surface area contributed by atoms with Crippen molar-refractivity contribution in [1.82, 2.24) is 0 Å². The van der Waals surface area contributed by atoms with E-state index in [1.54, 1.807) is 0 Å². The molecule has 182 valence electrons. The van der Waals surface area contributed by atoms with Crippen molar-refractivity contribution < 1.29 is 48.1 Å². The molecule has 2 saturated heterocycles. The van der Waals surface area contributed by atoms with E-state index in [0.717, 1.165) is 48.5 Å². The molecule has 14 nitrogen and oxygen atoms in total. The first kappa shape index (κ1) is 24.0. The quantitative estimate of drug-likeness (QED) is 0.130. The summed E-state index contributed by atoms with van der Waals surface area (Å²) < 4.78 is 9.90. The predicted molar refractivity (Wildman–Crippen MR) is 112 cm³/mol. The molecular formula is C22H12N2O12. The molecule has 0 saturated carbocycles. The zero-order chi connectivity index (χ0) is 26.3. The molecule has 4 atom stereocenters. The summed E-state index contributed by atoms with van der Waals surface area (Å²) >= 11 is 0. The van der Waals surface area contributed by atoms with Crippen LogP contribution in [0.3, 0.4) is 0 Å². The molecule has 0 bridgehead atoms. The third-order valence-corrected chi connectivity index (χ3v) is 5.72. The van der Waals surface area contributed by atoms with E-state index in [1.165, 1.54) is 0 Å². The summed E-state index contributed by atoms with van der Waals surface area (Å²) in [7, 11) is 0. The molecule has 2 aromatic carbocycles. The Morgan fingerprint density at radius 1 is 0.611 bits per heavy atom. The lowest BCUT2D eigenvalue weighted by molar-refractivity contribution is -0.385. The molecular weight excluding hydrogens is 484 g/mol. The summed E-state index contributed by atoms with van der Waals surface area (Å²) in [4.78, 5) is 95.5. The maximum absolute atomic E-state index is 13.1. The topological polar surface area (TPSA) is 207 Å². The Morgan fingerprint density at radius 3 is 1.19 bits per heavy atom. The van der Waals surface area contributed by atoms with E-state index in [-0.39, 0.29) is 22.5 Å². The summed E-state index contributed by atoms with van der Waals surface area (Å²) in [5, 5.41) is 21.7. The molecule has 0 aromatic heterocycles. The highest BCUT2D eigenvalue weighted by Gasteiger charge is 2.60. The van der Waals surface area contributed by atoms with Crippen LogP contribution in [-0.2, 0) is 28.7 Å². The van der Waals surface area contributed by atoms with Gasteiger partial charge in [-0.05, 0) is 24.3 Å². The summed E-state index contributed by atoms with van der Waals surface area (Å²) in [6, 6.07) is 8.12. The Morgan fingerprint density at radius 2 is 0.917 bits per heavy atom. The number of carbonyl (C=O) groups is 6. The molecule has 36 heavy (non-hydrogen) atoms. The fraction of sp³-hybridized carbons (Fsp3) is 0.182. The zero-order valence-corrected chi connectivity index (χ0v) is 17.7. The van der Waals surface area contributed by atoms with E-state index in [1.807, 2.05) is 0 Å². The molecule has 0 amide bonds. The van der Waals surface area contributed by atoms with Gasteiger partial charge in [0.1, 0.15) is 11.8 Å². The molecule has 0 radical (unpaired) electrons. The van der Waals surface area contributed by atoms with E-state index >= 15 is 0 Å². The minimum Gasteiger partial charge on any atom is -0.451 e. The second kappa shape index (κ2) is 8.90. The summed E-state index contributed by atoms with van der Waals surface area (Å²) in [6.07, 6.45) is -3.68. The van der Waals surface area contributed by atoms with Crippen LogP contribution >= 0.6 is 0 Å². The lowest BCUT2D eigenvalue weighted by Gasteiger charge is -2.24. The lowest BCUT2D eigenvalue weighted by atomic mass is 9.81.